The van der Waals surface area contributed by atoms with Crippen molar-refractivity contribution in [2.75, 3.05) is 55.4 Å². The molecule has 1 unspecified atom stereocenters. The van der Waals surface area contributed by atoms with E-state index in [0.717, 1.165) is 5.39 Å². The molecule has 0 N–H and O–H groups in total. The Morgan fingerprint density at radius 2 is 1.13 bits per heavy atom. The van der Waals surface area contributed by atoms with E-state index in [-0.39, 0.29) is 60.8 Å². The van der Waals surface area contributed by atoms with Crippen molar-refractivity contribution in [2.24, 2.45) is 0 Å². The number of hydrogen-bond donors (Lipinski definition) is 0. The Labute approximate surface area is 406 Å². The summed E-state index contributed by atoms with van der Waals surface area (Å²) in [6.45, 7) is 8.58. The number of halogens is 4. The number of ether oxygens (including phenoxy) is 6. The van der Waals surface area contributed by atoms with Gasteiger partial charge in [-0.3, -0.25) is 29.1 Å². The molecule has 2 aromatic carbocycles. The first-order valence-electron chi connectivity index (χ1n) is 20.9. The molecule has 7 rings (SSSR count). The van der Waals surface area contributed by atoms with Crippen LogP contribution in [0.3, 0.4) is 0 Å². The van der Waals surface area contributed by atoms with Gasteiger partial charge in [-0.1, -0.05) is 59.6 Å². The zero-order chi connectivity index (χ0) is 48.5. The van der Waals surface area contributed by atoms with Crippen molar-refractivity contribution in [1.29, 1.82) is 0 Å². The standard InChI is InChI=1S/C25H24Cl2N2O5.C24H24Cl2N2O5/c1-4-17(30)6-5-15-10-19-14(12-28-15)9-18(25(31)29(19)16-7-8-34-13-16)22-23(26)20(32-2)11-21(33-3)24(22)27;1-5-16(29)7-6-15-11-18-14(13-27-15)10-17(24(30)28(18)8-9-31-2)21-22(25)19(32-3)12-20(33-4)23(21)26/h4,9-12,16H,1,5-8,13H2,2-3H3;5,10-13H,1,6-9H2,2-4H3. The summed E-state index contributed by atoms with van der Waals surface area (Å²) in [6, 6.07) is 10.1. The van der Waals surface area contributed by atoms with Gasteiger partial charge in [0.1, 0.15) is 23.0 Å². The first-order valence-corrected chi connectivity index (χ1v) is 22.4. The van der Waals surface area contributed by atoms with E-state index >= 15 is 0 Å². The van der Waals surface area contributed by atoms with Crippen LogP contribution >= 0.6 is 46.4 Å². The molecule has 1 atom stereocenters. The lowest BCUT2D eigenvalue weighted by Crippen LogP contribution is -2.27. The molecule has 6 aromatic rings. The molecule has 352 valence electrons. The summed E-state index contributed by atoms with van der Waals surface area (Å²) in [4.78, 5) is 59.8. The molecule has 0 bridgehead atoms. The summed E-state index contributed by atoms with van der Waals surface area (Å²) in [6.07, 6.45) is 8.10. The van der Waals surface area contributed by atoms with E-state index in [1.807, 2.05) is 12.1 Å². The predicted molar refractivity (Wildman–Crippen MR) is 263 cm³/mol. The van der Waals surface area contributed by atoms with Crippen molar-refractivity contribution in [3.8, 4) is 45.3 Å². The molecule has 1 fully saturated rings. The molecule has 5 heterocycles. The van der Waals surface area contributed by atoms with Crippen LogP contribution in [0.15, 0.2) is 83.7 Å². The molecule has 4 aromatic heterocycles. The van der Waals surface area contributed by atoms with E-state index in [1.54, 1.807) is 52.9 Å². The average molecular weight is 995 g/mol. The van der Waals surface area contributed by atoms with Crippen LogP contribution in [0.25, 0.3) is 44.1 Å². The maximum atomic E-state index is 13.9. The number of aryl methyl sites for hydroxylation is 2. The van der Waals surface area contributed by atoms with Crippen molar-refractivity contribution in [3.63, 3.8) is 0 Å². The van der Waals surface area contributed by atoms with Crippen molar-refractivity contribution in [1.82, 2.24) is 19.1 Å². The number of methoxy groups -OCH3 is 5. The number of carbonyl (C=O) groups is 2. The highest BCUT2D eigenvalue weighted by atomic mass is 35.5. The number of benzene rings is 2. The van der Waals surface area contributed by atoms with E-state index in [1.165, 1.54) is 40.6 Å². The lowest BCUT2D eigenvalue weighted by molar-refractivity contribution is -0.115. The molecule has 0 amide bonds. The Bertz CT molecular complexity index is 2940. The number of rotatable bonds is 18. The Kier molecular flexibility index (Phi) is 17.3. The molecule has 0 saturated carbocycles. The van der Waals surface area contributed by atoms with Crippen LogP contribution in [0.2, 0.25) is 20.1 Å². The number of fused-ring (bicyclic) bond motifs is 2. The SMILES string of the molecule is C=CC(=O)CCc1cc2c(cn1)cc(-c1c(Cl)c(OC)cc(OC)c1Cl)c(=O)n2C1CCOC1.C=CC(=O)CCc1cc2c(cn1)cc(-c1c(Cl)c(OC)cc(OC)c1Cl)c(=O)n2CCOC. The van der Waals surface area contributed by atoms with Gasteiger partial charge >= 0.3 is 0 Å². The highest BCUT2D eigenvalue weighted by Crippen LogP contribution is 2.47. The number of allylic oxidation sites excluding steroid dienone is 2. The number of nitrogens with zero attached hydrogens (tertiary/aromatic N) is 4. The van der Waals surface area contributed by atoms with E-state index in [9.17, 15) is 19.2 Å². The molecule has 1 aliphatic rings. The van der Waals surface area contributed by atoms with Crippen LogP contribution in [0.4, 0.5) is 0 Å². The van der Waals surface area contributed by atoms with Crippen molar-refractivity contribution in [3.05, 3.63) is 126 Å². The summed E-state index contributed by atoms with van der Waals surface area (Å²) in [5.74, 6) is 1.21. The summed E-state index contributed by atoms with van der Waals surface area (Å²) >= 11 is 26.4. The molecule has 67 heavy (non-hydrogen) atoms. The third kappa shape index (κ3) is 10.9. The molecule has 0 spiro atoms. The largest absolute Gasteiger partial charge is 0.495 e. The molecule has 18 heteroatoms. The Hall–Kier alpha value is -5.74. The number of carbonyl (C=O) groups excluding carboxylic acids is 2. The molecular formula is C49H48Cl4N4O10. The summed E-state index contributed by atoms with van der Waals surface area (Å²) in [7, 11) is 7.47. The van der Waals surface area contributed by atoms with E-state index < -0.39 is 0 Å². The van der Waals surface area contributed by atoms with Crippen LogP contribution in [0, 0.1) is 0 Å². The van der Waals surface area contributed by atoms with Gasteiger partial charge < -0.3 is 37.6 Å². The second kappa shape index (κ2) is 22.8. The van der Waals surface area contributed by atoms with Crippen molar-refractivity contribution < 1.29 is 38.0 Å². The fourth-order valence-corrected chi connectivity index (χ4v) is 9.07. The smallest absolute Gasteiger partial charge is 0.259 e. The molecular weight excluding hydrogens is 946 g/mol. The van der Waals surface area contributed by atoms with Gasteiger partial charge in [0.25, 0.3) is 11.1 Å². The van der Waals surface area contributed by atoms with Crippen LogP contribution < -0.4 is 30.1 Å². The number of pyridine rings is 4. The maximum absolute atomic E-state index is 13.9. The summed E-state index contributed by atoms with van der Waals surface area (Å²) < 4.78 is 35.6. The second-order valence-corrected chi connectivity index (χ2v) is 16.6. The van der Waals surface area contributed by atoms with Gasteiger partial charge in [0, 0.05) is 90.9 Å². The third-order valence-corrected chi connectivity index (χ3v) is 12.7. The zero-order valence-corrected chi connectivity index (χ0v) is 40.5. The average Bonchev–Trinajstić information content (AvgIpc) is 3.87. The highest BCUT2D eigenvalue weighted by Gasteiger charge is 2.27. The van der Waals surface area contributed by atoms with E-state index in [0.29, 0.717) is 120 Å². The van der Waals surface area contributed by atoms with Gasteiger partial charge in [-0.25, -0.2) is 0 Å². The lowest BCUT2D eigenvalue weighted by atomic mass is 10.0. The summed E-state index contributed by atoms with van der Waals surface area (Å²) in [5, 5.41) is 2.26. The first-order chi connectivity index (χ1) is 32.2. The lowest BCUT2D eigenvalue weighted by Gasteiger charge is -2.20. The van der Waals surface area contributed by atoms with Gasteiger partial charge in [0.15, 0.2) is 11.6 Å². The first kappa shape index (κ1) is 50.7. The van der Waals surface area contributed by atoms with E-state index in [4.69, 9.17) is 74.8 Å². The van der Waals surface area contributed by atoms with E-state index in [2.05, 4.69) is 23.1 Å². The van der Waals surface area contributed by atoms with Crippen molar-refractivity contribution in [2.45, 2.75) is 44.7 Å². The topological polar surface area (TPSA) is 159 Å². The Balaban J connectivity index is 0.000000221. The van der Waals surface area contributed by atoms with Gasteiger partial charge in [-0.2, -0.15) is 0 Å². The maximum Gasteiger partial charge on any atom is 0.259 e. The monoisotopic (exact) mass is 992 g/mol. The fraction of sp³-hybridized carbons (Fsp3) is 0.306. The quantitative estimate of drug-likeness (QED) is 0.0752. The molecule has 0 radical (unpaired) electrons. The Morgan fingerprint density at radius 3 is 1.55 bits per heavy atom. The zero-order valence-electron chi connectivity index (χ0n) is 37.5. The Morgan fingerprint density at radius 1 is 0.687 bits per heavy atom. The number of aromatic nitrogens is 4. The summed E-state index contributed by atoms with van der Waals surface area (Å²) in [5.41, 5.74) is 3.44. The fourth-order valence-electron chi connectivity index (χ4n) is 7.66. The minimum absolute atomic E-state index is 0.0601. The predicted octanol–water partition coefficient (Wildman–Crippen LogP) is 9.76. The van der Waals surface area contributed by atoms with Gasteiger partial charge in [-0.15, -0.1) is 0 Å². The van der Waals surface area contributed by atoms with Crippen molar-refractivity contribution >= 4 is 79.8 Å². The van der Waals surface area contributed by atoms with Crippen LogP contribution in [0.5, 0.6) is 23.0 Å². The number of hydrogen-bond acceptors (Lipinski definition) is 12. The van der Waals surface area contributed by atoms with Crippen LogP contribution in [0.1, 0.15) is 36.7 Å². The molecule has 0 aliphatic carbocycles. The highest BCUT2D eigenvalue weighted by molar-refractivity contribution is 6.42. The minimum atomic E-state index is -0.307. The molecule has 1 aliphatic heterocycles. The van der Waals surface area contributed by atoms with Crippen LogP contribution in [-0.2, 0) is 38.4 Å². The number of ketones is 2. The second-order valence-electron chi connectivity index (χ2n) is 15.1. The van der Waals surface area contributed by atoms with Gasteiger partial charge in [-0.05, 0) is 55.7 Å². The van der Waals surface area contributed by atoms with Crippen LogP contribution in [-0.4, -0.2) is 86.0 Å². The third-order valence-electron chi connectivity index (χ3n) is 11.2. The van der Waals surface area contributed by atoms with Gasteiger partial charge in [0.05, 0.1) is 89.9 Å². The van der Waals surface area contributed by atoms with Gasteiger partial charge in [0.2, 0.25) is 0 Å². The normalized spacial score (nSPS) is 13.2. The molecule has 14 nitrogen and oxygen atoms in total. The minimum Gasteiger partial charge on any atom is -0.495 e. The molecule has 1 saturated heterocycles.